The van der Waals surface area contributed by atoms with Crippen molar-refractivity contribution >= 4 is 40.1 Å². The molecule has 55 heavy (non-hydrogen) atoms. The van der Waals surface area contributed by atoms with Gasteiger partial charge >= 0.3 is 23.6 Å². The Morgan fingerprint density at radius 3 is 2.11 bits per heavy atom. The van der Waals surface area contributed by atoms with Gasteiger partial charge in [0.2, 0.25) is 0 Å². The largest absolute Gasteiger partial charge is 0.444 e. The molecule has 0 radical (unpaired) electrons. The molecule has 1 aliphatic heterocycles. The first kappa shape index (κ1) is 40.6. The zero-order valence-electron chi connectivity index (χ0n) is 32.5. The van der Waals surface area contributed by atoms with Gasteiger partial charge in [0, 0.05) is 45.7 Å². The molecule has 2 N–H and O–H groups in total. The SMILES string of the molecule is Cn1c(=O)oc2cc(C(=O)CCCCNC(=O)OC(C)(C)C)ccc21.Cn1c(=O)oc2cc(C3CCCCN3C(=O)NCCCCc3ccccc3)ccc21. The zero-order chi connectivity index (χ0) is 39.5. The lowest BCUT2D eigenvalue weighted by atomic mass is 9.95. The number of carbonyl (C=O) groups excluding carboxylic acids is 3. The molecule has 3 amide bonds. The van der Waals surface area contributed by atoms with E-state index in [0.717, 1.165) is 56.1 Å². The number of aromatic nitrogens is 2. The van der Waals surface area contributed by atoms with Crippen LogP contribution in [0.2, 0.25) is 0 Å². The number of nitrogens with one attached hydrogen (secondary N) is 2. The molecule has 6 rings (SSSR count). The second-order valence-electron chi connectivity index (χ2n) is 15.0. The summed E-state index contributed by atoms with van der Waals surface area (Å²) >= 11 is 0. The Hall–Kier alpha value is -5.59. The summed E-state index contributed by atoms with van der Waals surface area (Å²) in [5.74, 6) is -0.839. The van der Waals surface area contributed by atoms with Crippen LogP contribution in [0.3, 0.4) is 0 Å². The molecule has 13 nitrogen and oxygen atoms in total. The predicted molar refractivity (Wildman–Crippen MR) is 211 cm³/mol. The van der Waals surface area contributed by atoms with Crippen molar-refractivity contribution in [1.29, 1.82) is 0 Å². The molecule has 2 aromatic heterocycles. The fraction of sp³-hybridized carbons (Fsp3) is 0.452. The molecule has 1 fully saturated rings. The van der Waals surface area contributed by atoms with Crippen molar-refractivity contribution in [3.05, 3.63) is 105 Å². The van der Waals surface area contributed by atoms with Crippen molar-refractivity contribution in [3.63, 3.8) is 0 Å². The molecule has 0 saturated carbocycles. The van der Waals surface area contributed by atoms with Gasteiger partial charge in [0.25, 0.3) is 0 Å². The molecule has 294 valence electrons. The van der Waals surface area contributed by atoms with Gasteiger partial charge in [-0.3, -0.25) is 13.9 Å². The van der Waals surface area contributed by atoms with Crippen LogP contribution in [0, 0.1) is 0 Å². The van der Waals surface area contributed by atoms with Crippen LogP contribution in [-0.4, -0.2) is 57.2 Å². The Morgan fingerprint density at radius 2 is 1.42 bits per heavy atom. The van der Waals surface area contributed by atoms with E-state index in [9.17, 15) is 24.0 Å². The lowest BCUT2D eigenvalue weighted by molar-refractivity contribution is 0.0527. The lowest BCUT2D eigenvalue weighted by Crippen LogP contribution is -2.44. The molecular weight excluding hydrogens is 702 g/mol. The van der Waals surface area contributed by atoms with Crippen LogP contribution in [0.25, 0.3) is 22.2 Å². The van der Waals surface area contributed by atoms with Gasteiger partial charge in [0.15, 0.2) is 16.9 Å². The van der Waals surface area contributed by atoms with E-state index in [1.54, 1.807) is 53.1 Å². The van der Waals surface area contributed by atoms with E-state index in [0.29, 0.717) is 54.6 Å². The van der Waals surface area contributed by atoms with Crippen molar-refractivity contribution in [2.24, 2.45) is 14.1 Å². The van der Waals surface area contributed by atoms with Crippen molar-refractivity contribution in [3.8, 4) is 0 Å². The number of Topliss-reactive ketones (excluding diaryl/α,β-unsaturated/α-hetero) is 1. The van der Waals surface area contributed by atoms with Crippen molar-refractivity contribution in [2.45, 2.75) is 90.2 Å². The number of alkyl carbamates (subject to hydrolysis) is 1. The predicted octanol–water partition coefficient (Wildman–Crippen LogP) is 7.40. The normalized spacial score (nSPS) is 14.3. The topological polar surface area (TPSA) is 158 Å². The summed E-state index contributed by atoms with van der Waals surface area (Å²) in [6.45, 7) is 7.29. The number of aryl methyl sites for hydroxylation is 3. The van der Waals surface area contributed by atoms with E-state index in [1.165, 1.54) is 14.7 Å². The number of hydrogen-bond donors (Lipinski definition) is 2. The average molecular weight is 756 g/mol. The maximum Gasteiger partial charge on any atom is 0.419 e. The highest BCUT2D eigenvalue weighted by Crippen LogP contribution is 2.32. The quantitative estimate of drug-likeness (QED) is 0.0985. The van der Waals surface area contributed by atoms with Crippen LogP contribution in [0.15, 0.2) is 85.2 Å². The third kappa shape index (κ3) is 11.2. The second-order valence-corrected chi connectivity index (χ2v) is 15.0. The molecule has 0 aliphatic carbocycles. The highest BCUT2D eigenvalue weighted by Gasteiger charge is 2.28. The molecule has 13 heteroatoms. The number of hydrogen-bond acceptors (Lipinski definition) is 8. The Labute approximate surface area is 320 Å². The molecule has 3 heterocycles. The first-order chi connectivity index (χ1) is 26.3. The summed E-state index contributed by atoms with van der Waals surface area (Å²) in [5.41, 5.74) is 4.76. The van der Waals surface area contributed by atoms with Gasteiger partial charge < -0.3 is 29.1 Å². The molecule has 0 bridgehead atoms. The van der Waals surface area contributed by atoms with Gasteiger partial charge in [-0.1, -0.05) is 36.4 Å². The van der Waals surface area contributed by atoms with Crippen molar-refractivity contribution in [2.75, 3.05) is 19.6 Å². The van der Waals surface area contributed by atoms with Crippen LogP contribution < -0.4 is 22.1 Å². The number of unbranched alkanes of at least 4 members (excludes halogenated alkanes) is 2. The number of piperidine rings is 1. The van der Waals surface area contributed by atoms with Crippen molar-refractivity contribution < 1.29 is 28.0 Å². The van der Waals surface area contributed by atoms with E-state index in [-0.39, 0.29) is 23.6 Å². The minimum atomic E-state index is -0.523. The number of ketones is 1. The molecule has 1 aliphatic rings. The molecular formula is C42H53N5O8. The minimum absolute atomic E-state index is 0.00553. The first-order valence-electron chi connectivity index (χ1n) is 19.1. The second kappa shape index (κ2) is 18.6. The minimum Gasteiger partial charge on any atom is -0.444 e. The average Bonchev–Trinajstić information content (AvgIpc) is 3.61. The number of benzene rings is 3. The van der Waals surface area contributed by atoms with Gasteiger partial charge in [0.05, 0.1) is 17.1 Å². The molecule has 1 atom stereocenters. The molecule has 3 aromatic carbocycles. The van der Waals surface area contributed by atoms with Gasteiger partial charge in [-0.2, -0.15) is 0 Å². The van der Waals surface area contributed by atoms with Gasteiger partial charge in [-0.15, -0.1) is 0 Å². The fourth-order valence-corrected chi connectivity index (χ4v) is 6.64. The van der Waals surface area contributed by atoms with E-state index in [4.69, 9.17) is 13.6 Å². The van der Waals surface area contributed by atoms with Crippen molar-refractivity contribution in [1.82, 2.24) is 24.7 Å². The van der Waals surface area contributed by atoms with Crippen LogP contribution in [0.1, 0.15) is 99.7 Å². The number of oxazole rings is 2. The highest BCUT2D eigenvalue weighted by molar-refractivity contribution is 5.98. The molecule has 0 spiro atoms. The van der Waals surface area contributed by atoms with Crippen LogP contribution in [0.5, 0.6) is 0 Å². The number of nitrogens with zero attached hydrogens (tertiary/aromatic N) is 3. The summed E-state index contributed by atoms with van der Waals surface area (Å²) < 4.78 is 18.5. The standard InChI is InChI=1S/C24H29N3O3.C18H24N2O5/c1-26-21-14-13-19(17-22(21)30-24(26)29)20-12-6-8-16-27(20)23(28)25-15-7-5-11-18-9-3-2-4-10-18;1-18(2,3)25-16(22)19-10-6-5-7-14(21)12-8-9-13-15(11-12)24-17(23)20(13)4/h2-4,9-10,13-14,17,20H,5-8,11-12,15-16H2,1H3,(H,25,28);8-9,11H,5-7,10H2,1-4H3,(H,19,22). The number of likely N-dealkylation sites (tertiary alicyclic amines) is 1. The Kier molecular flexibility index (Phi) is 13.8. The fourth-order valence-electron chi connectivity index (χ4n) is 6.64. The monoisotopic (exact) mass is 755 g/mol. The van der Waals surface area contributed by atoms with E-state index in [1.807, 2.05) is 29.2 Å². The Balaban J connectivity index is 0.000000215. The van der Waals surface area contributed by atoms with Crippen LogP contribution in [0.4, 0.5) is 9.59 Å². The number of fused-ring (bicyclic) bond motifs is 2. The zero-order valence-corrected chi connectivity index (χ0v) is 32.5. The number of rotatable bonds is 12. The maximum atomic E-state index is 12.9. The number of amides is 3. The summed E-state index contributed by atoms with van der Waals surface area (Å²) in [7, 11) is 3.32. The van der Waals surface area contributed by atoms with Gasteiger partial charge in [-0.05, 0) is 114 Å². The highest BCUT2D eigenvalue weighted by atomic mass is 16.6. The summed E-state index contributed by atoms with van der Waals surface area (Å²) in [4.78, 5) is 61.8. The summed E-state index contributed by atoms with van der Waals surface area (Å²) in [6.07, 6.45) is 7.29. The molecule has 1 saturated heterocycles. The third-order valence-electron chi connectivity index (χ3n) is 9.59. The van der Waals surface area contributed by atoms with E-state index >= 15 is 0 Å². The first-order valence-corrected chi connectivity index (χ1v) is 19.1. The Morgan fingerprint density at radius 1 is 0.782 bits per heavy atom. The summed E-state index contributed by atoms with van der Waals surface area (Å²) in [6, 6.07) is 21.3. The molecule has 5 aromatic rings. The van der Waals surface area contributed by atoms with Crippen LogP contribution in [-0.2, 0) is 25.3 Å². The summed E-state index contributed by atoms with van der Waals surface area (Å²) in [5, 5.41) is 5.76. The number of ether oxygens (including phenoxy) is 1. The van der Waals surface area contributed by atoms with Crippen LogP contribution >= 0.6 is 0 Å². The van der Waals surface area contributed by atoms with E-state index in [2.05, 4.69) is 34.9 Å². The Bertz CT molecular complexity index is 2190. The van der Waals surface area contributed by atoms with Gasteiger partial charge in [-0.25, -0.2) is 19.2 Å². The van der Waals surface area contributed by atoms with Gasteiger partial charge in [0.1, 0.15) is 5.60 Å². The third-order valence-corrected chi connectivity index (χ3v) is 9.59. The lowest BCUT2D eigenvalue weighted by Gasteiger charge is -2.36. The molecule has 1 unspecified atom stereocenters. The van der Waals surface area contributed by atoms with E-state index < -0.39 is 17.5 Å². The number of carbonyl (C=O) groups is 3. The number of urea groups is 1. The maximum absolute atomic E-state index is 12.9. The smallest absolute Gasteiger partial charge is 0.419 e.